The lowest BCUT2D eigenvalue weighted by Crippen LogP contribution is -2.49. The van der Waals surface area contributed by atoms with Crippen molar-refractivity contribution in [3.63, 3.8) is 0 Å². The molecular formula is C15H27N3O3. The molecule has 2 fully saturated rings. The molecule has 1 N–H and O–H groups in total. The van der Waals surface area contributed by atoms with E-state index in [0.717, 1.165) is 38.9 Å². The average Bonchev–Trinajstić information content (AvgIpc) is 2.49. The van der Waals surface area contributed by atoms with Crippen molar-refractivity contribution in [2.45, 2.75) is 25.7 Å². The van der Waals surface area contributed by atoms with E-state index in [1.807, 2.05) is 7.05 Å². The van der Waals surface area contributed by atoms with Crippen LogP contribution in [-0.2, 0) is 4.79 Å². The first-order valence-corrected chi connectivity index (χ1v) is 7.88. The number of carbonyl (C=O) groups is 2. The number of carbonyl (C=O) groups excluding carboxylic acids is 1. The highest BCUT2D eigenvalue weighted by Gasteiger charge is 2.30. The molecule has 2 saturated heterocycles. The molecule has 0 aromatic heterocycles. The van der Waals surface area contributed by atoms with Crippen LogP contribution in [-0.4, -0.2) is 78.6 Å². The van der Waals surface area contributed by atoms with Gasteiger partial charge in [-0.2, -0.15) is 0 Å². The zero-order chi connectivity index (χ0) is 15.4. The summed E-state index contributed by atoms with van der Waals surface area (Å²) in [4.78, 5) is 29.3. The highest BCUT2D eigenvalue weighted by Crippen LogP contribution is 2.20. The number of likely N-dealkylation sites (tertiary alicyclic amines) is 2. The second kappa shape index (κ2) is 7.11. The predicted molar refractivity (Wildman–Crippen MR) is 80.2 cm³/mol. The molecule has 1 atom stereocenters. The van der Waals surface area contributed by atoms with Gasteiger partial charge in [-0.05, 0) is 51.7 Å². The Morgan fingerprint density at radius 1 is 1.19 bits per heavy atom. The van der Waals surface area contributed by atoms with E-state index in [-0.39, 0.29) is 6.03 Å². The van der Waals surface area contributed by atoms with Gasteiger partial charge in [-0.15, -0.1) is 0 Å². The lowest BCUT2D eigenvalue weighted by molar-refractivity contribution is -0.143. The van der Waals surface area contributed by atoms with Gasteiger partial charge in [0.2, 0.25) is 0 Å². The summed E-state index contributed by atoms with van der Waals surface area (Å²) in [6.07, 6.45) is 3.72. The molecule has 2 amide bonds. The van der Waals surface area contributed by atoms with Crippen molar-refractivity contribution in [3.05, 3.63) is 0 Å². The van der Waals surface area contributed by atoms with Crippen molar-refractivity contribution >= 4 is 12.0 Å². The largest absolute Gasteiger partial charge is 0.481 e. The van der Waals surface area contributed by atoms with Gasteiger partial charge in [-0.25, -0.2) is 4.79 Å². The molecule has 21 heavy (non-hydrogen) atoms. The minimum atomic E-state index is -0.787. The van der Waals surface area contributed by atoms with Crippen LogP contribution in [0.5, 0.6) is 0 Å². The molecule has 0 saturated carbocycles. The Kier molecular flexibility index (Phi) is 5.45. The van der Waals surface area contributed by atoms with Crippen molar-refractivity contribution in [3.8, 4) is 0 Å². The van der Waals surface area contributed by atoms with Crippen LogP contribution in [0.3, 0.4) is 0 Å². The summed E-state index contributed by atoms with van der Waals surface area (Å²) in [5.41, 5.74) is 0. The number of hydrogen-bond donors (Lipinski definition) is 1. The second-order valence-electron chi connectivity index (χ2n) is 6.53. The number of amides is 2. The summed E-state index contributed by atoms with van der Waals surface area (Å²) in [6, 6.07) is -0.0140. The molecule has 2 aliphatic heterocycles. The molecule has 120 valence electrons. The molecule has 2 rings (SSSR count). The van der Waals surface area contributed by atoms with Crippen LogP contribution in [0.1, 0.15) is 25.7 Å². The summed E-state index contributed by atoms with van der Waals surface area (Å²) in [5.74, 6) is -0.625. The molecule has 2 heterocycles. The van der Waals surface area contributed by atoms with Crippen molar-refractivity contribution in [1.29, 1.82) is 0 Å². The fraction of sp³-hybridized carbons (Fsp3) is 0.867. The van der Waals surface area contributed by atoms with Crippen molar-refractivity contribution in [2.75, 3.05) is 46.8 Å². The smallest absolute Gasteiger partial charge is 0.319 e. The first kappa shape index (κ1) is 16.1. The Hall–Kier alpha value is -1.30. The lowest BCUT2D eigenvalue weighted by atomic mass is 9.96. The van der Waals surface area contributed by atoms with Gasteiger partial charge in [0.15, 0.2) is 0 Å². The number of urea groups is 1. The predicted octanol–water partition coefficient (Wildman–Crippen LogP) is 1.18. The minimum absolute atomic E-state index is 0.0140. The number of nitrogens with zero attached hydrogens (tertiary/aromatic N) is 3. The van der Waals surface area contributed by atoms with Crippen LogP contribution in [0, 0.1) is 11.8 Å². The summed E-state index contributed by atoms with van der Waals surface area (Å²) in [5, 5.41) is 9.11. The van der Waals surface area contributed by atoms with Gasteiger partial charge in [-0.1, -0.05) is 0 Å². The van der Waals surface area contributed by atoms with Gasteiger partial charge in [0.25, 0.3) is 0 Å². The number of piperidine rings is 2. The fourth-order valence-electron chi connectivity index (χ4n) is 3.30. The normalized spacial score (nSPS) is 24.9. The van der Waals surface area contributed by atoms with Gasteiger partial charge in [0, 0.05) is 26.7 Å². The van der Waals surface area contributed by atoms with Crippen LogP contribution >= 0.6 is 0 Å². The first-order valence-electron chi connectivity index (χ1n) is 7.88. The monoisotopic (exact) mass is 297 g/mol. The summed E-state index contributed by atoms with van der Waals surface area (Å²) >= 11 is 0. The molecule has 0 aromatic carbocycles. The molecule has 2 aliphatic rings. The zero-order valence-corrected chi connectivity index (χ0v) is 13.1. The van der Waals surface area contributed by atoms with Crippen LogP contribution in [0.2, 0.25) is 0 Å². The molecule has 0 aromatic rings. The maximum Gasteiger partial charge on any atom is 0.319 e. The number of carboxylic acid groups (broad SMARTS) is 1. The van der Waals surface area contributed by atoms with Gasteiger partial charge in [0.05, 0.1) is 5.92 Å². The van der Waals surface area contributed by atoms with E-state index >= 15 is 0 Å². The van der Waals surface area contributed by atoms with Crippen LogP contribution in [0.4, 0.5) is 4.79 Å². The highest BCUT2D eigenvalue weighted by atomic mass is 16.4. The number of hydrogen-bond acceptors (Lipinski definition) is 3. The minimum Gasteiger partial charge on any atom is -0.481 e. The maximum absolute atomic E-state index is 12.5. The molecule has 6 nitrogen and oxygen atoms in total. The zero-order valence-electron chi connectivity index (χ0n) is 13.1. The van der Waals surface area contributed by atoms with Gasteiger partial charge < -0.3 is 19.8 Å². The van der Waals surface area contributed by atoms with Crippen LogP contribution < -0.4 is 0 Å². The third-order valence-corrected chi connectivity index (χ3v) is 4.74. The number of aliphatic carboxylic acids is 1. The summed E-state index contributed by atoms with van der Waals surface area (Å²) in [6.45, 7) is 4.00. The Bertz CT molecular complexity index is 380. The van der Waals surface area contributed by atoms with E-state index in [1.165, 1.54) is 0 Å². The maximum atomic E-state index is 12.5. The van der Waals surface area contributed by atoms with Crippen LogP contribution in [0.15, 0.2) is 0 Å². The van der Waals surface area contributed by atoms with Crippen molar-refractivity contribution < 1.29 is 14.7 Å². The van der Waals surface area contributed by atoms with Gasteiger partial charge in [0.1, 0.15) is 0 Å². The quantitative estimate of drug-likeness (QED) is 0.849. The van der Waals surface area contributed by atoms with E-state index in [0.29, 0.717) is 25.4 Å². The standard InChI is InChI=1S/C15H27N3O3/c1-16-8-5-12(6-9-16)10-17(2)15(21)18-7-3-4-13(11-18)14(19)20/h12-13H,3-11H2,1-2H3,(H,19,20)/t13-/m0/s1. The van der Waals surface area contributed by atoms with E-state index in [2.05, 4.69) is 11.9 Å². The average molecular weight is 297 g/mol. The van der Waals surface area contributed by atoms with E-state index < -0.39 is 11.9 Å². The molecule has 0 bridgehead atoms. The number of rotatable bonds is 3. The molecule has 0 aliphatic carbocycles. The molecule has 0 radical (unpaired) electrons. The lowest BCUT2D eigenvalue weighted by Gasteiger charge is -2.36. The van der Waals surface area contributed by atoms with E-state index in [1.54, 1.807) is 9.80 Å². The SMILES string of the molecule is CN1CCC(CN(C)C(=O)N2CCC[C@H](C(=O)O)C2)CC1. The Labute approximate surface area is 126 Å². The first-order chi connectivity index (χ1) is 9.97. The summed E-state index contributed by atoms with van der Waals surface area (Å²) in [7, 11) is 3.97. The third kappa shape index (κ3) is 4.33. The molecule has 0 unspecified atom stereocenters. The number of carboxylic acids is 1. The van der Waals surface area contributed by atoms with Gasteiger partial charge >= 0.3 is 12.0 Å². The van der Waals surface area contributed by atoms with E-state index in [4.69, 9.17) is 5.11 Å². The molecule has 6 heteroatoms. The summed E-state index contributed by atoms with van der Waals surface area (Å²) < 4.78 is 0. The van der Waals surface area contributed by atoms with Crippen LogP contribution in [0.25, 0.3) is 0 Å². The van der Waals surface area contributed by atoms with Crippen molar-refractivity contribution in [1.82, 2.24) is 14.7 Å². The topological polar surface area (TPSA) is 64.1 Å². The Morgan fingerprint density at radius 3 is 2.48 bits per heavy atom. The fourth-order valence-corrected chi connectivity index (χ4v) is 3.30. The Morgan fingerprint density at radius 2 is 1.86 bits per heavy atom. The molecular weight excluding hydrogens is 270 g/mol. The van der Waals surface area contributed by atoms with Crippen molar-refractivity contribution in [2.24, 2.45) is 11.8 Å². The third-order valence-electron chi connectivity index (χ3n) is 4.74. The van der Waals surface area contributed by atoms with E-state index in [9.17, 15) is 9.59 Å². The Balaban J connectivity index is 1.82. The highest BCUT2D eigenvalue weighted by molar-refractivity contribution is 5.76. The van der Waals surface area contributed by atoms with Gasteiger partial charge in [-0.3, -0.25) is 4.79 Å². The second-order valence-corrected chi connectivity index (χ2v) is 6.53. The molecule has 0 spiro atoms.